The number of hydrogen-bond donors (Lipinski definition) is 1. The molecule has 0 aliphatic carbocycles. The van der Waals surface area contributed by atoms with E-state index < -0.39 is 0 Å². The van der Waals surface area contributed by atoms with Gasteiger partial charge in [0.1, 0.15) is 11.6 Å². The van der Waals surface area contributed by atoms with Crippen LogP contribution in [0.25, 0.3) is 0 Å². The topological polar surface area (TPSA) is 37.4 Å². The van der Waals surface area contributed by atoms with Crippen molar-refractivity contribution in [3.05, 3.63) is 52.7 Å². The van der Waals surface area contributed by atoms with Gasteiger partial charge in [-0.15, -0.1) is 0 Å². The summed E-state index contributed by atoms with van der Waals surface area (Å²) in [4.78, 5) is 6.81. The van der Waals surface area contributed by atoms with E-state index in [1.807, 2.05) is 31.3 Å². The van der Waals surface area contributed by atoms with Crippen LogP contribution >= 0.6 is 11.6 Å². The Kier molecular flexibility index (Phi) is 5.82. The Morgan fingerprint density at radius 1 is 1.28 bits per heavy atom. The smallest absolute Gasteiger partial charge is 0.140 e. The van der Waals surface area contributed by atoms with Crippen molar-refractivity contribution in [3.63, 3.8) is 0 Å². The number of aryl methyl sites for hydroxylation is 1. The molecular weight excluding hydrogens is 334 g/mol. The molecule has 1 aromatic heterocycles. The summed E-state index contributed by atoms with van der Waals surface area (Å²) in [5.74, 6) is 1.84. The molecule has 0 spiro atoms. The Morgan fingerprint density at radius 3 is 2.64 bits per heavy atom. The average Bonchev–Trinajstić information content (AvgIpc) is 2.63. The number of piperidine rings is 1. The van der Waals surface area contributed by atoms with Crippen molar-refractivity contribution < 1.29 is 4.74 Å². The Hall–Kier alpha value is -1.78. The summed E-state index contributed by atoms with van der Waals surface area (Å²) in [6.07, 6.45) is 4.09. The van der Waals surface area contributed by atoms with Gasteiger partial charge in [0.2, 0.25) is 0 Å². The van der Waals surface area contributed by atoms with Crippen LogP contribution < -0.4 is 15.0 Å². The first kappa shape index (κ1) is 18.0. The Labute approximate surface area is 155 Å². The Balaban J connectivity index is 1.59. The van der Waals surface area contributed by atoms with E-state index in [1.54, 1.807) is 7.11 Å². The first-order valence-electron chi connectivity index (χ1n) is 8.84. The van der Waals surface area contributed by atoms with Crippen molar-refractivity contribution in [2.24, 2.45) is 0 Å². The Bertz CT molecular complexity index is 676. The van der Waals surface area contributed by atoms with E-state index in [0.29, 0.717) is 11.1 Å². The third-order valence-corrected chi connectivity index (χ3v) is 5.19. The molecule has 0 bridgehead atoms. The lowest BCUT2D eigenvalue weighted by atomic mass is 10.00. The number of aromatic nitrogens is 1. The van der Waals surface area contributed by atoms with Crippen LogP contribution in [0.15, 0.2) is 36.5 Å². The van der Waals surface area contributed by atoms with Gasteiger partial charge in [-0.25, -0.2) is 4.98 Å². The largest absolute Gasteiger partial charge is 0.495 e. The summed E-state index contributed by atoms with van der Waals surface area (Å²) < 4.78 is 5.35. The normalized spacial score (nSPS) is 16.7. The molecule has 1 unspecified atom stereocenters. The van der Waals surface area contributed by atoms with Crippen molar-refractivity contribution in [2.75, 3.05) is 25.1 Å². The minimum absolute atomic E-state index is 0.258. The molecule has 25 heavy (non-hydrogen) atoms. The zero-order valence-corrected chi connectivity index (χ0v) is 15.9. The number of nitrogens with one attached hydrogen (secondary N) is 1. The highest BCUT2D eigenvalue weighted by Gasteiger charge is 2.22. The maximum absolute atomic E-state index is 6.34. The lowest BCUT2D eigenvalue weighted by Crippen LogP contribution is -2.43. The molecule has 0 radical (unpaired) electrons. The second kappa shape index (κ2) is 8.07. The predicted octanol–water partition coefficient (Wildman–Crippen LogP) is 4.37. The summed E-state index contributed by atoms with van der Waals surface area (Å²) in [5.41, 5.74) is 2.28. The van der Waals surface area contributed by atoms with E-state index >= 15 is 0 Å². The van der Waals surface area contributed by atoms with Crippen LogP contribution in [0.4, 0.5) is 5.82 Å². The summed E-state index contributed by atoms with van der Waals surface area (Å²) in [5, 5.41) is 4.43. The number of methoxy groups -OCH3 is 1. The van der Waals surface area contributed by atoms with E-state index in [-0.39, 0.29) is 6.04 Å². The highest BCUT2D eigenvalue weighted by atomic mass is 35.5. The van der Waals surface area contributed by atoms with Gasteiger partial charge in [-0.05, 0) is 56.0 Å². The average molecular weight is 360 g/mol. The minimum Gasteiger partial charge on any atom is -0.495 e. The molecule has 1 fully saturated rings. The quantitative estimate of drug-likeness (QED) is 0.860. The molecule has 134 valence electrons. The van der Waals surface area contributed by atoms with Crippen LogP contribution in [0.2, 0.25) is 5.02 Å². The first-order chi connectivity index (χ1) is 12.1. The van der Waals surface area contributed by atoms with Crippen LogP contribution in [-0.2, 0) is 0 Å². The highest BCUT2D eigenvalue weighted by molar-refractivity contribution is 6.32. The molecule has 0 amide bonds. The van der Waals surface area contributed by atoms with Gasteiger partial charge in [0.25, 0.3) is 0 Å². The monoisotopic (exact) mass is 359 g/mol. The third-order valence-electron chi connectivity index (χ3n) is 4.91. The van der Waals surface area contributed by atoms with E-state index in [9.17, 15) is 0 Å². The molecule has 5 heteroatoms. The molecule has 1 aromatic carbocycles. The molecule has 0 saturated carbocycles. The lowest BCUT2D eigenvalue weighted by molar-refractivity contribution is 0.379. The summed E-state index contributed by atoms with van der Waals surface area (Å²) in [6.45, 7) is 6.29. The molecule has 1 aliphatic rings. The van der Waals surface area contributed by atoms with Gasteiger partial charge in [-0.3, -0.25) is 0 Å². The summed E-state index contributed by atoms with van der Waals surface area (Å²) in [6, 6.07) is 11.0. The van der Waals surface area contributed by atoms with Crippen LogP contribution in [0.3, 0.4) is 0 Å². The number of ether oxygens (including phenoxy) is 1. The highest BCUT2D eigenvalue weighted by Crippen LogP contribution is 2.32. The Morgan fingerprint density at radius 2 is 2.04 bits per heavy atom. The number of nitrogens with zero attached hydrogens (tertiary/aromatic N) is 2. The van der Waals surface area contributed by atoms with Gasteiger partial charge in [-0.2, -0.15) is 0 Å². The second-order valence-electron chi connectivity index (χ2n) is 6.69. The number of halogens is 1. The molecular formula is C20H26ClN3O. The fraction of sp³-hybridized carbons (Fsp3) is 0.450. The third kappa shape index (κ3) is 4.25. The standard InChI is InChI=1S/C20H26ClN3O/c1-14-12-16(13-18(21)20(14)25-3)15(2)23-17-7-10-24(11-8-17)19-6-4-5-9-22-19/h4-6,9,12-13,15,17,23H,7-8,10-11H2,1-3H3. The van der Waals surface area contributed by atoms with Crippen molar-refractivity contribution in [3.8, 4) is 5.75 Å². The molecule has 1 aliphatic heterocycles. The molecule has 2 heterocycles. The predicted molar refractivity (Wildman–Crippen MR) is 104 cm³/mol. The summed E-state index contributed by atoms with van der Waals surface area (Å²) in [7, 11) is 1.66. The van der Waals surface area contributed by atoms with E-state index in [0.717, 1.165) is 43.1 Å². The lowest BCUT2D eigenvalue weighted by Gasteiger charge is -2.34. The maximum Gasteiger partial charge on any atom is 0.140 e. The zero-order valence-electron chi connectivity index (χ0n) is 15.1. The number of rotatable bonds is 5. The minimum atomic E-state index is 0.258. The van der Waals surface area contributed by atoms with Crippen LogP contribution in [0.5, 0.6) is 5.75 Å². The van der Waals surface area contributed by atoms with Crippen molar-refractivity contribution in [2.45, 2.75) is 38.8 Å². The molecule has 1 N–H and O–H groups in total. The van der Waals surface area contributed by atoms with Gasteiger partial charge in [0, 0.05) is 31.4 Å². The van der Waals surface area contributed by atoms with Crippen LogP contribution in [0, 0.1) is 6.92 Å². The van der Waals surface area contributed by atoms with E-state index in [4.69, 9.17) is 16.3 Å². The van der Waals surface area contributed by atoms with Gasteiger partial charge in [0.05, 0.1) is 12.1 Å². The van der Waals surface area contributed by atoms with Crippen LogP contribution in [-0.4, -0.2) is 31.2 Å². The molecule has 1 atom stereocenters. The maximum atomic E-state index is 6.34. The zero-order chi connectivity index (χ0) is 17.8. The number of pyridine rings is 1. The van der Waals surface area contributed by atoms with Gasteiger partial charge in [-0.1, -0.05) is 23.7 Å². The van der Waals surface area contributed by atoms with Crippen LogP contribution in [0.1, 0.15) is 36.9 Å². The number of hydrogen-bond acceptors (Lipinski definition) is 4. The van der Waals surface area contributed by atoms with Gasteiger partial charge in [0.15, 0.2) is 0 Å². The molecule has 3 rings (SSSR count). The number of anilines is 1. The molecule has 4 nitrogen and oxygen atoms in total. The van der Waals surface area contributed by atoms with Crippen molar-refractivity contribution in [1.29, 1.82) is 0 Å². The van der Waals surface area contributed by atoms with E-state index in [2.05, 4.69) is 34.3 Å². The first-order valence-corrected chi connectivity index (χ1v) is 9.22. The fourth-order valence-electron chi connectivity index (χ4n) is 3.53. The summed E-state index contributed by atoms with van der Waals surface area (Å²) >= 11 is 6.34. The molecule has 1 saturated heterocycles. The second-order valence-corrected chi connectivity index (χ2v) is 7.10. The van der Waals surface area contributed by atoms with E-state index in [1.165, 1.54) is 5.56 Å². The SMILES string of the molecule is COc1c(C)cc(C(C)NC2CCN(c3ccccn3)CC2)cc1Cl. The van der Waals surface area contributed by atoms with Crippen molar-refractivity contribution in [1.82, 2.24) is 10.3 Å². The number of benzene rings is 1. The van der Waals surface area contributed by atoms with Gasteiger partial charge < -0.3 is 15.0 Å². The van der Waals surface area contributed by atoms with Gasteiger partial charge >= 0.3 is 0 Å². The molecule has 2 aromatic rings. The van der Waals surface area contributed by atoms with Crippen molar-refractivity contribution >= 4 is 17.4 Å². The fourth-order valence-corrected chi connectivity index (χ4v) is 3.88.